The molecule has 0 bridgehead atoms. The molecule has 2 aromatic carbocycles. The average Bonchev–Trinajstić information content (AvgIpc) is 2.61. The third-order valence-electron chi connectivity index (χ3n) is 4.42. The summed E-state index contributed by atoms with van der Waals surface area (Å²) in [7, 11) is 1.55. The van der Waals surface area contributed by atoms with Gasteiger partial charge in [-0.05, 0) is 42.2 Å². The predicted molar refractivity (Wildman–Crippen MR) is 96.5 cm³/mol. The SMILES string of the molecule is COc1ccc(C)cc1NC(=O)CC(=O)N1CCc2ccccc2C1. The second-order valence-electron chi connectivity index (χ2n) is 6.26. The third-order valence-corrected chi connectivity index (χ3v) is 4.42. The summed E-state index contributed by atoms with van der Waals surface area (Å²) in [5, 5.41) is 2.78. The van der Waals surface area contributed by atoms with Crippen LogP contribution in [0, 0.1) is 6.92 Å². The van der Waals surface area contributed by atoms with Crippen molar-refractivity contribution in [2.45, 2.75) is 26.3 Å². The van der Waals surface area contributed by atoms with E-state index in [4.69, 9.17) is 4.74 Å². The monoisotopic (exact) mass is 338 g/mol. The first-order chi connectivity index (χ1) is 12.1. The number of nitrogens with one attached hydrogen (secondary N) is 1. The van der Waals surface area contributed by atoms with Crippen molar-refractivity contribution in [2.75, 3.05) is 19.0 Å². The molecule has 1 aliphatic heterocycles. The molecule has 0 aliphatic carbocycles. The number of amides is 2. The van der Waals surface area contributed by atoms with Gasteiger partial charge in [-0.2, -0.15) is 0 Å². The van der Waals surface area contributed by atoms with Gasteiger partial charge in [0.15, 0.2) is 0 Å². The van der Waals surface area contributed by atoms with Gasteiger partial charge in [-0.15, -0.1) is 0 Å². The van der Waals surface area contributed by atoms with Gasteiger partial charge in [0.1, 0.15) is 12.2 Å². The van der Waals surface area contributed by atoms with Crippen LogP contribution in [-0.4, -0.2) is 30.4 Å². The minimum absolute atomic E-state index is 0.154. The molecule has 0 aromatic heterocycles. The number of nitrogens with zero attached hydrogens (tertiary/aromatic N) is 1. The standard InChI is InChI=1S/C20H22N2O3/c1-14-7-8-18(25-2)17(11-14)21-19(23)12-20(24)22-10-9-15-5-3-4-6-16(15)13-22/h3-8,11H,9-10,12-13H2,1-2H3,(H,21,23). The summed E-state index contributed by atoms with van der Waals surface area (Å²) in [4.78, 5) is 26.5. The number of benzene rings is 2. The molecule has 0 saturated carbocycles. The Bertz CT molecular complexity index is 801. The lowest BCUT2D eigenvalue weighted by molar-refractivity contribution is -0.135. The first kappa shape index (κ1) is 17.0. The summed E-state index contributed by atoms with van der Waals surface area (Å²) in [5.74, 6) is 0.102. The van der Waals surface area contributed by atoms with Crippen molar-refractivity contribution in [3.05, 3.63) is 59.2 Å². The molecule has 5 heteroatoms. The molecule has 130 valence electrons. The predicted octanol–water partition coefficient (Wildman–Crippen LogP) is 2.92. The van der Waals surface area contributed by atoms with Gasteiger partial charge in [-0.3, -0.25) is 9.59 Å². The summed E-state index contributed by atoms with van der Waals surface area (Å²) in [6.45, 7) is 3.15. The highest BCUT2D eigenvalue weighted by Gasteiger charge is 2.22. The van der Waals surface area contributed by atoms with Crippen molar-refractivity contribution >= 4 is 17.5 Å². The van der Waals surface area contributed by atoms with Gasteiger partial charge >= 0.3 is 0 Å². The van der Waals surface area contributed by atoms with E-state index in [2.05, 4.69) is 11.4 Å². The number of fused-ring (bicyclic) bond motifs is 1. The highest BCUT2D eigenvalue weighted by Crippen LogP contribution is 2.25. The average molecular weight is 338 g/mol. The number of carbonyl (C=O) groups is 2. The van der Waals surface area contributed by atoms with E-state index in [1.54, 1.807) is 18.1 Å². The Hall–Kier alpha value is -2.82. The van der Waals surface area contributed by atoms with Gasteiger partial charge in [-0.25, -0.2) is 0 Å². The second-order valence-corrected chi connectivity index (χ2v) is 6.26. The van der Waals surface area contributed by atoms with Crippen LogP contribution in [0.1, 0.15) is 23.1 Å². The van der Waals surface area contributed by atoms with Crippen LogP contribution >= 0.6 is 0 Å². The van der Waals surface area contributed by atoms with E-state index in [0.717, 1.165) is 17.5 Å². The zero-order chi connectivity index (χ0) is 17.8. The lowest BCUT2D eigenvalue weighted by Gasteiger charge is -2.28. The van der Waals surface area contributed by atoms with Gasteiger partial charge in [0.05, 0.1) is 12.8 Å². The maximum atomic E-state index is 12.5. The Morgan fingerprint density at radius 2 is 1.92 bits per heavy atom. The van der Waals surface area contributed by atoms with Crippen molar-refractivity contribution in [3.63, 3.8) is 0 Å². The van der Waals surface area contributed by atoms with Crippen LogP contribution < -0.4 is 10.1 Å². The zero-order valence-electron chi connectivity index (χ0n) is 14.5. The van der Waals surface area contributed by atoms with E-state index in [1.807, 2.05) is 37.3 Å². The molecular weight excluding hydrogens is 316 g/mol. The van der Waals surface area contributed by atoms with E-state index >= 15 is 0 Å². The highest BCUT2D eigenvalue weighted by molar-refractivity contribution is 6.04. The number of aryl methyl sites for hydroxylation is 1. The van der Waals surface area contributed by atoms with Crippen LogP contribution in [0.25, 0.3) is 0 Å². The lowest BCUT2D eigenvalue weighted by atomic mass is 10.00. The molecule has 1 aliphatic rings. The molecule has 1 N–H and O–H groups in total. The first-order valence-corrected chi connectivity index (χ1v) is 8.36. The summed E-state index contributed by atoms with van der Waals surface area (Å²) in [6.07, 6.45) is 0.661. The molecule has 0 spiro atoms. The van der Waals surface area contributed by atoms with Gasteiger partial charge in [0.25, 0.3) is 0 Å². The molecule has 3 rings (SSSR count). The number of rotatable bonds is 4. The number of carbonyl (C=O) groups excluding carboxylic acids is 2. The van der Waals surface area contributed by atoms with Crippen LogP contribution in [0.15, 0.2) is 42.5 Å². The van der Waals surface area contributed by atoms with Crippen LogP contribution in [0.5, 0.6) is 5.75 Å². The van der Waals surface area contributed by atoms with Gasteiger partial charge in [0, 0.05) is 13.1 Å². The van der Waals surface area contributed by atoms with Crippen LogP contribution in [0.2, 0.25) is 0 Å². The van der Waals surface area contributed by atoms with Gasteiger partial charge in [0.2, 0.25) is 11.8 Å². The second kappa shape index (κ2) is 7.38. The number of hydrogen-bond acceptors (Lipinski definition) is 3. The summed E-state index contributed by atoms with van der Waals surface area (Å²) in [6, 6.07) is 13.7. The largest absolute Gasteiger partial charge is 0.495 e. The van der Waals surface area contributed by atoms with Crippen LogP contribution in [0.4, 0.5) is 5.69 Å². The number of hydrogen-bond donors (Lipinski definition) is 1. The normalized spacial score (nSPS) is 13.1. The lowest BCUT2D eigenvalue weighted by Crippen LogP contribution is -2.37. The van der Waals surface area contributed by atoms with Gasteiger partial charge in [-0.1, -0.05) is 30.3 Å². The fraction of sp³-hybridized carbons (Fsp3) is 0.300. The quantitative estimate of drug-likeness (QED) is 0.872. The van der Waals surface area contributed by atoms with E-state index in [1.165, 1.54) is 5.56 Å². The van der Waals surface area contributed by atoms with Crippen molar-refractivity contribution in [1.82, 2.24) is 4.90 Å². The van der Waals surface area contributed by atoms with Crippen molar-refractivity contribution < 1.29 is 14.3 Å². The highest BCUT2D eigenvalue weighted by atomic mass is 16.5. The van der Waals surface area contributed by atoms with E-state index in [-0.39, 0.29) is 18.2 Å². The number of methoxy groups -OCH3 is 1. The molecule has 5 nitrogen and oxygen atoms in total. The molecule has 0 fully saturated rings. The van der Waals surface area contributed by atoms with Crippen molar-refractivity contribution in [3.8, 4) is 5.75 Å². The molecule has 2 amide bonds. The van der Waals surface area contributed by atoms with Crippen LogP contribution in [0.3, 0.4) is 0 Å². The zero-order valence-corrected chi connectivity index (χ0v) is 14.5. The summed E-state index contributed by atoms with van der Waals surface area (Å²) < 4.78 is 5.25. The third kappa shape index (κ3) is 3.99. The summed E-state index contributed by atoms with van der Waals surface area (Å²) >= 11 is 0. The fourth-order valence-electron chi connectivity index (χ4n) is 3.07. The molecule has 25 heavy (non-hydrogen) atoms. The molecule has 0 radical (unpaired) electrons. The molecule has 1 heterocycles. The number of ether oxygens (including phenoxy) is 1. The van der Waals surface area contributed by atoms with Gasteiger partial charge < -0.3 is 15.0 Å². The smallest absolute Gasteiger partial charge is 0.233 e. The van der Waals surface area contributed by atoms with E-state index in [0.29, 0.717) is 24.5 Å². The Morgan fingerprint density at radius 1 is 1.16 bits per heavy atom. The molecule has 0 unspecified atom stereocenters. The van der Waals surface area contributed by atoms with Crippen molar-refractivity contribution in [1.29, 1.82) is 0 Å². The Kier molecular flexibility index (Phi) is 5.03. The maximum Gasteiger partial charge on any atom is 0.233 e. The first-order valence-electron chi connectivity index (χ1n) is 8.36. The fourth-order valence-corrected chi connectivity index (χ4v) is 3.07. The van der Waals surface area contributed by atoms with Crippen LogP contribution in [-0.2, 0) is 22.6 Å². The summed E-state index contributed by atoms with van der Waals surface area (Å²) in [5.41, 5.74) is 4.03. The Morgan fingerprint density at radius 3 is 2.68 bits per heavy atom. The Labute approximate surface area is 147 Å². The molecule has 2 aromatic rings. The molecule has 0 atom stereocenters. The topological polar surface area (TPSA) is 58.6 Å². The minimum Gasteiger partial charge on any atom is -0.495 e. The van der Waals surface area contributed by atoms with E-state index in [9.17, 15) is 9.59 Å². The molecule has 0 saturated heterocycles. The van der Waals surface area contributed by atoms with Crippen molar-refractivity contribution in [2.24, 2.45) is 0 Å². The minimum atomic E-state index is -0.326. The number of anilines is 1. The maximum absolute atomic E-state index is 12.5. The Balaban J connectivity index is 1.62. The molecular formula is C20H22N2O3. The van der Waals surface area contributed by atoms with E-state index < -0.39 is 0 Å².